The average Bonchev–Trinajstić information content (AvgIpc) is 3.77. The molecule has 2 aliphatic rings. The highest BCUT2D eigenvalue weighted by Crippen LogP contribution is 2.42. The van der Waals surface area contributed by atoms with Crippen molar-refractivity contribution in [3.63, 3.8) is 0 Å². The van der Waals surface area contributed by atoms with Crippen LogP contribution in [-0.4, -0.2) is 25.8 Å². The molecule has 2 aliphatic carbocycles. The fourth-order valence-corrected chi connectivity index (χ4v) is 3.98. The van der Waals surface area contributed by atoms with Gasteiger partial charge in [-0.05, 0) is 72.9 Å². The summed E-state index contributed by atoms with van der Waals surface area (Å²) in [6.07, 6.45) is 11.0. The molecule has 1 aromatic carbocycles. The number of imidazole rings is 1. The number of anilines is 2. The highest BCUT2D eigenvalue weighted by atomic mass is 35.5. The van der Waals surface area contributed by atoms with Crippen LogP contribution in [0.5, 0.6) is 0 Å². The molecule has 9 heteroatoms. The molecular weight excluding hydrogens is 455 g/mol. The van der Waals surface area contributed by atoms with Crippen molar-refractivity contribution >= 4 is 35.3 Å². The van der Waals surface area contributed by atoms with Crippen molar-refractivity contribution in [1.82, 2.24) is 19.4 Å². The van der Waals surface area contributed by atoms with Crippen LogP contribution in [-0.2, 0) is 11.3 Å². The van der Waals surface area contributed by atoms with Gasteiger partial charge in [0.2, 0.25) is 6.41 Å². The van der Waals surface area contributed by atoms with E-state index in [1.165, 1.54) is 30.8 Å². The van der Waals surface area contributed by atoms with E-state index in [1.54, 1.807) is 18.2 Å². The molecule has 0 aliphatic heterocycles. The zero-order valence-corrected chi connectivity index (χ0v) is 19.2. The van der Waals surface area contributed by atoms with E-state index in [9.17, 15) is 9.18 Å². The van der Waals surface area contributed by atoms with Crippen molar-refractivity contribution < 1.29 is 9.18 Å². The molecule has 1 amide bonds. The summed E-state index contributed by atoms with van der Waals surface area (Å²) < 4.78 is 15.1. The fraction of sp³-hybridized carbons (Fsp3) is 0.280. The van der Waals surface area contributed by atoms with Crippen LogP contribution in [0.4, 0.5) is 16.0 Å². The lowest BCUT2D eigenvalue weighted by atomic mass is 10.1. The number of amides is 1. The first-order valence-electron chi connectivity index (χ1n) is 11.3. The molecule has 3 heterocycles. The molecule has 2 saturated carbocycles. The molecule has 0 radical (unpaired) electrons. The maximum atomic E-state index is 13.0. The minimum atomic E-state index is -0.114. The van der Waals surface area contributed by atoms with E-state index in [4.69, 9.17) is 11.6 Å². The molecule has 2 N–H and O–H groups in total. The van der Waals surface area contributed by atoms with Gasteiger partial charge in [-0.3, -0.25) is 4.79 Å². The fourth-order valence-electron chi connectivity index (χ4n) is 3.80. The van der Waals surface area contributed by atoms with Crippen molar-refractivity contribution in [1.29, 1.82) is 0 Å². The Kier molecular flexibility index (Phi) is 6.40. The molecule has 0 bridgehead atoms. The lowest BCUT2D eigenvalue weighted by Gasteiger charge is -2.04. The van der Waals surface area contributed by atoms with Crippen LogP contribution in [0.25, 0.3) is 5.65 Å². The summed E-state index contributed by atoms with van der Waals surface area (Å²) in [6, 6.07) is 10.7. The van der Waals surface area contributed by atoms with Crippen LogP contribution < -0.4 is 10.6 Å². The van der Waals surface area contributed by atoms with E-state index in [-0.39, 0.29) is 5.82 Å². The molecule has 0 saturated heterocycles. The summed E-state index contributed by atoms with van der Waals surface area (Å²) >= 11 is 5.72. The number of halogens is 2. The van der Waals surface area contributed by atoms with Crippen LogP contribution in [0.2, 0.25) is 5.02 Å². The van der Waals surface area contributed by atoms with E-state index >= 15 is 0 Å². The van der Waals surface area contributed by atoms with Gasteiger partial charge in [-0.2, -0.15) is 0 Å². The third-order valence-electron chi connectivity index (χ3n) is 5.87. The number of hydrogen-bond donors (Lipinski definition) is 2. The quantitative estimate of drug-likeness (QED) is 0.341. The lowest BCUT2D eigenvalue weighted by molar-refractivity contribution is -0.105. The normalized spacial score (nSPS) is 14.9. The predicted molar refractivity (Wildman–Crippen MR) is 130 cm³/mol. The maximum absolute atomic E-state index is 13.0. The monoisotopic (exact) mass is 478 g/mol. The van der Waals surface area contributed by atoms with Gasteiger partial charge in [-0.1, -0.05) is 17.7 Å². The molecule has 2 fully saturated rings. The second-order valence-electron chi connectivity index (χ2n) is 8.58. The van der Waals surface area contributed by atoms with Gasteiger partial charge >= 0.3 is 0 Å². The standard InChI is InChI=1S/C16H16N6O.C9H8ClF/c23-10-20-15-5-14(18-9-19-15)17-6-13-8-22-7-12(11-1-2-11)3-4-16(22)21-13;10-7-3-4-9(11)8(5-7)6-1-2-6/h3-5,7-11H,1-2,6H2,(H2,17,18,19,20,23);3-6H,1-2H2. The zero-order valence-electron chi connectivity index (χ0n) is 18.4. The van der Waals surface area contributed by atoms with Crippen molar-refractivity contribution in [2.24, 2.45) is 0 Å². The maximum Gasteiger partial charge on any atom is 0.212 e. The van der Waals surface area contributed by atoms with Gasteiger partial charge in [0.1, 0.15) is 29.4 Å². The number of fused-ring (bicyclic) bond motifs is 1. The third kappa shape index (κ3) is 5.51. The number of rotatable bonds is 7. The summed E-state index contributed by atoms with van der Waals surface area (Å²) in [6.45, 7) is 0.554. The van der Waals surface area contributed by atoms with Crippen LogP contribution >= 0.6 is 11.6 Å². The Labute approximate surface area is 201 Å². The Bertz CT molecular complexity index is 1320. The van der Waals surface area contributed by atoms with E-state index < -0.39 is 0 Å². The Hall–Kier alpha value is -3.52. The van der Waals surface area contributed by atoms with Gasteiger partial charge in [0.15, 0.2) is 0 Å². The summed E-state index contributed by atoms with van der Waals surface area (Å²) in [7, 11) is 0. The highest BCUT2D eigenvalue weighted by molar-refractivity contribution is 6.30. The summed E-state index contributed by atoms with van der Waals surface area (Å²) in [5, 5.41) is 6.32. The highest BCUT2D eigenvalue weighted by Gasteiger charge is 2.26. The van der Waals surface area contributed by atoms with Gasteiger partial charge < -0.3 is 15.0 Å². The Morgan fingerprint density at radius 3 is 2.59 bits per heavy atom. The first-order valence-corrected chi connectivity index (χ1v) is 11.7. The second kappa shape index (κ2) is 9.77. The van der Waals surface area contributed by atoms with Gasteiger partial charge in [-0.15, -0.1) is 0 Å². The van der Waals surface area contributed by atoms with Crippen LogP contribution in [0.3, 0.4) is 0 Å². The molecule has 0 spiro atoms. The number of pyridine rings is 1. The SMILES string of the molecule is Fc1ccc(Cl)cc1C1CC1.O=CNc1cc(NCc2cn3cc(C4CC4)ccc3n2)ncn1. The minimum absolute atomic E-state index is 0.114. The number of benzene rings is 1. The van der Waals surface area contributed by atoms with Crippen LogP contribution in [0, 0.1) is 5.82 Å². The molecule has 34 heavy (non-hydrogen) atoms. The molecule has 6 rings (SSSR count). The molecule has 0 atom stereocenters. The molecule has 3 aromatic heterocycles. The molecular formula is C25H24ClFN6O. The Balaban J connectivity index is 0.000000183. The van der Waals surface area contributed by atoms with Crippen LogP contribution in [0.15, 0.2) is 55.1 Å². The number of aromatic nitrogens is 4. The molecule has 174 valence electrons. The van der Waals surface area contributed by atoms with E-state index in [0.29, 0.717) is 35.5 Å². The number of carbonyl (C=O) groups is 1. The van der Waals surface area contributed by atoms with Gasteiger partial charge in [-0.25, -0.2) is 19.3 Å². The van der Waals surface area contributed by atoms with Gasteiger partial charge in [0.25, 0.3) is 0 Å². The topological polar surface area (TPSA) is 84.2 Å². The Morgan fingerprint density at radius 1 is 1.03 bits per heavy atom. The van der Waals surface area contributed by atoms with Gasteiger partial charge in [0.05, 0.1) is 12.2 Å². The predicted octanol–water partition coefficient (Wildman–Crippen LogP) is 5.54. The molecule has 7 nitrogen and oxygen atoms in total. The third-order valence-corrected chi connectivity index (χ3v) is 6.11. The van der Waals surface area contributed by atoms with Crippen LogP contribution in [0.1, 0.15) is 54.3 Å². The van der Waals surface area contributed by atoms with Crippen molar-refractivity contribution in [2.45, 2.75) is 44.1 Å². The number of carbonyl (C=O) groups excluding carboxylic acids is 1. The smallest absolute Gasteiger partial charge is 0.212 e. The van der Waals surface area contributed by atoms with E-state index in [2.05, 4.69) is 48.3 Å². The number of hydrogen-bond acceptors (Lipinski definition) is 5. The van der Waals surface area contributed by atoms with Crippen molar-refractivity contribution in [2.75, 3.05) is 10.6 Å². The lowest BCUT2D eigenvalue weighted by Crippen LogP contribution is -2.04. The number of nitrogens with zero attached hydrogens (tertiary/aromatic N) is 4. The number of nitrogens with one attached hydrogen (secondary N) is 2. The first-order chi connectivity index (χ1) is 16.6. The summed E-state index contributed by atoms with van der Waals surface area (Å²) in [4.78, 5) is 23.1. The average molecular weight is 479 g/mol. The molecule has 4 aromatic rings. The molecule has 0 unspecified atom stereocenters. The van der Waals surface area contributed by atoms with Gasteiger partial charge in [0, 0.05) is 23.5 Å². The first kappa shape index (κ1) is 22.3. The van der Waals surface area contributed by atoms with E-state index in [1.807, 2.05) is 6.20 Å². The largest absolute Gasteiger partial charge is 0.364 e. The van der Waals surface area contributed by atoms with Crippen molar-refractivity contribution in [3.05, 3.63) is 82.8 Å². The second-order valence-corrected chi connectivity index (χ2v) is 9.02. The zero-order chi connectivity index (χ0) is 23.5. The minimum Gasteiger partial charge on any atom is -0.364 e. The van der Waals surface area contributed by atoms with E-state index in [0.717, 1.165) is 35.7 Å². The summed E-state index contributed by atoms with van der Waals surface area (Å²) in [5.41, 5.74) is 4.05. The Morgan fingerprint density at radius 2 is 1.82 bits per heavy atom. The van der Waals surface area contributed by atoms with Crippen molar-refractivity contribution in [3.8, 4) is 0 Å². The summed E-state index contributed by atoms with van der Waals surface area (Å²) in [5.74, 6) is 2.15.